The van der Waals surface area contributed by atoms with E-state index in [0.717, 1.165) is 15.7 Å². The number of hydrogen-bond donors (Lipinski definition) is 1. The highest BCUT2D eigenvalue weighted by Crippen LogP contribution is 2.33. The quantitative estimate of drug-likeness (QED) is 0.321. The van der Waals surface area contributed by atoms with Crippen LogP contribution in [0.15, 0.2) is 60.0 Å². The highest BCUT2D eigenvalue weighted by Gasteiger charge is 2.24. The fraction of sp³-hybridized carbons (Fsp3) is 0.0952. The van der Waals surface area contributed by atoms with Gasteiger partial charge in [-0.3, -0.25) is 14.6 Å². The van der Waals surface area contributed by atoms with Crippen LogP contribution in [0.1, 0.15) is 12.0 Å². The van der Waals surface area contributed by atoms with Crippen molar-refractivity contribution in [2.24, 2.45) is 0 Å². The van der Waals surface area contributed by atoms with Crippen LogP contribution < -0.4 is 4.74 Å². The number of fused-ring (bicyclic) bond motifs is 1. The number of aromatic nitrogens is 4. The average Bonchev–Trinajstić information content (AvgIpc) is 3.13. The summed E-state index contributed by atoms with van der Waals surface area (Å²) in [5.41, 5.74) is 1.51. The second-order valence-electron chi connectivity index (χ2n) is 6.97. The number of carbonyl (C=O) groups excluding carboxylic acids is 1. The number of carbonyl (C=O) groups is 2. The van der Waals surface area contributed by atoms with E-state index in [4.69, 9.17) is 21.4 Å². The van der Waals surface area contributed by atoms with Crippen molar-refractivity contribution in [3.05, 3.63) is 65.7 Å². The van der Waals surface area contributed by atoms with Crippen LogP contribution >= 0.6 is 11.6 Å². The first-order chi connectivity index (χ1) is 15.6. The van der Waals surface area contributed by atoms with E-state index in [9.17, 15) is 18.0 Å². The van der Waals surface area contributed by atoms with E-state index in [1.807, 2.05) is 6.92 Å². The van der Waals surface area contributed by atoms with Gasteiger partial charge in [-0.05, 0) is 25.1 Å². The van der Waals surface area contributed by atoms with E-state index in [1.165, 1.54) is 36.8 Å². The molecule has 0 unspecified atom stereocenters. The first-order valence-electron chi connectivity index (χ1n) is 9.39. The molecule has 0 spiro atoms. The molecule has 0 amide bonds. The topological polar surface area (TPSA) is 141 Å². The number of carboxylic acid groups (broad SMARTS) is 1. The zero-order chi connectivity index (χ0) is 23.8. The highest BCUT2D eigenvalue weighted by molar-refractivity contribution is 7.90. The largest absolute Gasteiger partial charge is 0.481 e. The van der Waals surface area contributed by atoms with Gasteiger partial charge in [0.2, 0.25) is 5.88 Å². The SMILES string of the molecule is Cc1ccc(S(=O)(=O)n2cc(-c3cncc(OC(=O)CC(=O)O)n3)c3cc(Cl)cnc32)cc1. The number of aliphatic carboxylic acids is 1. The Labute approximate surface area is 192 Å². The molecule has 4 aromatic rings. The molecule has 1 N–H and O–H groups in total. The molecule has 0 saturated heterocycles. The average molecular weight is 487 g/mol. The number of benzene rings is 1. The zero-order valence-electron chi connectivity index (χ0n) is 17.0. The highest BCUT2D eigenvalue weighted by atomic mass is 35.5. The van der Waals surface area contributed by atoms with Gasteiger partial charge in [-0.1, -0.05) is 29.3 Å². The van der Waals surface area contributed by atoms with Gasteiger partial charge in [0.1, 0.15) is 6.42 Å². The predicted molar refractivity (Wildman–Crippen MR) is 117 cm³/mol. The van der Waals surface area contributed by atoms with Gasteiger partial charge in [-0.15, -0.1) is 0 Å². The predicted octanol–water partition coefficient (Wildman–Crippen LogP) is 3.07. The molecule has 0 atom stereocenters. The van der Waals surface area contributed by atoms with Crippen LogP contribution in [0.4, 0.5) is 0 Å². The fourth-order valence-electron chi connectivity index (χ4n) is 3.07. The summed E-state index contributed by atoms with van der Waals surface area (Å²) < 4.78 is 32.6. The fourth-order valence-corrected chi connectivity index (χ4v) is 4.55. The number of pyridine rings is 1. The molecule has 0 bridgehead atoms. The molecule has 168 valence electrons. The molecular weight excluding hydrogens is 472 g/mol. The summed E-state index contributed by atoms with van der Waals surface area (Å²) >= 11 is 6.10. The molecule has 0 aliphatic heterocycles. The third-order valence-corrected chi connectivity index (χ3v) is 6.43. The van der Waals surface area contributed by atoms with E-state index in [2.05, 4.69) is 15.0 Å². The Hall–Kier alpha value is -3.83. The number of esters is 1. The van der Waals surface area contributed by atoms with Crippen molar-refractivity contribution in [1.82, 2.24) is 18.9 Å². The summed E-state index contributed by atoms with van der Waals surface area (Å²) in [5, 5.41) is 9.36. The van der Waals surface area contributed by atoms with E-state index < -0.39 is 28.4 Å². The molecule has 4 rings (SSSR count). The first kappa shape index (κ1) is 22.4. The minimum Gasteiger partial charge on any atom is -0.481 e. The van der Waals surface area contributed by atoms with Crippen LogP contribution in [0.25, 0.3) is 22.3 Å². The number of aryl methyl sites for hydroxylation is 1. The van der Waals surface area contributed by atoms with Crippen molar-refractivity contribution in [3.8, 4) is 17.1 Å². The van der Waals surface area contributed by atoms with Crippen LogP contribution in [-0.4, -0.2) is 44.4 Å². The summed E-state index contributed by atoms with van der Waals surface area (Å²) in [5.74, 6) is -2.62. The van der Waals surface area contributed by atoms with E-state index in [1.54, 1.807) is 12.1 Å². The number of nitrogens with zero attached hydrogens (tertiary/aromatic N) is 4. The third kappa shape index (κ3) is 4.54. The Morgan fingerprint density at radius 2 is 1.88 bits per heavy atom. The van der Waals surface area contributed by atoms with E-state index in [0.29, 0.717) is 10.9 Å². The summed E-state index contributed by atoms with van der Waals surface area (Å²) in [6, 6.07) is 7.89. The summed E-state index contributed by atoms with van der Waals surface area (Å²) in [6.07, 6.45) is 4.28. The van der Waals surface area contributed by atoms with E-state index >= 15 is 0 Å². The molecule has 0 aliphatic carbocycles. The minimum absolute atomic E-state index is 0.0655. The Kier molecular flexibility index (Phi) is 5.83. The molecule has 0 saturated carbocycles. The van der Waals surface area contributed by atoms with Gasteiger partial charge in [0, 0.05) is 23.3 Å². The van der Waals surface area contributed by atoms with Gasteiger partial charge in [-0.2, -0.15) is 0 Å². The smallest absolute Gasteiger partial charge is 0.323 e. The second-order valence-corrected chi connectivity index (χ2v) is 9.22. The van der Waals surface area contributed by atoms with Gasteiger partial charge in [0.25, 0.3) is 10.0 Å². The lowest BCUT2D eigenvalue weighted by molar-refractivity contribution is -0.145. The summed E-state index contributed by atoms with van der Waals surface area (Å²) in [6.45, 7) is 1.85. The number of halogens is 1. The molecule has 12 heteroatoms. The Morgan fingerprint density at radius 3 is 2.58 bits per heavy atom. The molecule has 33 heavy (non-hydrogen) atoms. The lowest BCUT2D eigenvalue weighted by Crippen LogP contribution is -2.14. The molecule has 10 nitrogen and oxygen atoms in total. The van der Waals surface area contributed by atoms with Crippen LogP contribution in [0, 0.1) is 6.92 Å². The van der Waals surface area contributed by atoms with E-state index in [-0.39, 0.29) is 27.1 Å². The normalized spacial score (nSPS) is 11.5. The Bertz CT molecular complexity index is 1500. The molecular formula is C21H15ClN4O6S. The van der Waals surface area contributed by atoms with Crippen LogP contribution in [0.2, 0.25) is 5.02 Å². The standard InChI is InChI=1S/C21H15ClN4O6S/c1-12-2-4-14(5-3-12)33(30,31)26-11-16(15-6-13(22)8-24-21(15)26)17-9-23-10-18(25-17)32-20(29)7-19(27)28/h2-6,8-11H,7H2,1H3,(H,27,28). The maximum atomic E-state index is 13.3. The lowest BCUT2D eigenvalue weighted by Gasteiger charge is -2.07. The molecule has 3 heterocycles. The maximum Gasteiger partial charge on any atom is 0.323 e. The molecule has 1 aromatic carbocycles. The monoisotopic (exact) mass is 486 g/mol. The second kappa shape index (κ2) is 8.60. The van der Waals surface area contributed by atoms with Crippen molar-refractivity contribution in [1.29, 1.82) is 0 Å². The van der Waals surface area contributed by atoms with Crippen molar-refractivity contribution < 1.29 is 27.9 Å². The van der Waals surface area contributed by atoms with Gasteiger partial charge in [0.15, 0.2) is 5.65 Å². The zero-order valence-corrected chi connectivity index (χ0v) is 18.5. The number of ether oxygens (including phenoxy) is 1. The number of rotatable bonds is 6. The van der Waals surface area contributed by atoms with Crippen LogP contribution in [0.3, 0.4) is 0 Å². The molecule has 0 radical (unpaired) electrons. The summed E-state index contributed by atoms with van der Waals surface area (Å²) in [4.78, 5) is 34.7. The maximum absolute atomic E-state index is 13.3. The Morgan fingerprint density at radius 1 is 1.15 bits per heavy atom. The van der Waals surface area contributed by atoms with Crippen molar-refractivity contribution in [2.45, 2.75) is 18.2 Å². The van der Waals surface area contributed by atoms with Crippen LogP contribution in [-0.2, 0) is 19.6 Å². The van der Waals surface area contributed by atoms with Gasteiger partial charge in [-0.25, -0.2) is 22.4 Å². The Balaban J connectivity index is 1.84. The first-order valence-corrected chi connectivity index (χ1v) is 11.2. The van der Waals surface area contributed by atoms with Crippen molar-refractivity contribution >= 4 is 44.6 Å². The molecule has 0 fully saturated rings. The van der Waals surface area contributed by atoms with Gasteiger partial charge < -0.3 is 9.84 Å². The van der Waals surface area contributed by atoms with Crippen molar-refractivity contribution in [3.63, 3.8) is 0 Å². The summed E-state index contributed by atoms with van der Waals surface area (Å²) in [7, 11) is -4.01. The molecule has 0 aliphatic rings. The number of hydrogen-bond acceptors (Lipinski definition) is 8. The third-order valence-electron chi connectivity index (χ3n) is 4.56. The number of carboxylic acids is 1. The van der Waals surface area contributed by atoms with Gasteiger partial charge in [0.05, 0.1) is 28.0 Å². The minimum atomic E-state index is -4.01. The molecule has 3 aromatic heterocycles. The van der Waals surface area contributed by atoms with Gasteiger partial charge >= 0.3 is 11.9 Å². The van der Waals surface area contributed by atoms with Crippen molar-refractivity contribution in [2.75, 3.05) is 0 Å². The van der Waals surface area contributed by atoms with Crippen LogP contribution in [0.5, 0.6) is 5.88 Å². The lowest BCUT2D eigenvalue weighted by atomic mass is 10.2.